The maximum Gasteiger partial charge on any atom is 0.453 e. The number of aromatic nitrogens is 4. The standard InChI is InChI=1S/C18H19F3N6O/c19-18(20,21)17-24-23-16-7-6-15(25-27(16)17)22-10-14-12-26(8-9-28-14)11-13-4-2-1-3-5-13/h1-7,14H,8-12H2,(H,22,25)/t14-/m1/s1. The van der Waals surface area contributed by atoms with E-state index in [-0.39, 0.29) is 11.8 Å². The molecular weight excluding hydrogens is 373 g/mol. The van der Waals surface area contributed by atoms with Crippen LogP contribution in [0.3, 0.4) is 0 Å². The van der Waals surface area contributed by atoms with Crippen LogP contribution in [0.25, 0.3) is 5.65 Å². The molecule has 1 aliphatic rings. The average molecular weight is 392 g/mol. The Morgan fingerprint density at radius 1 is 1.11 bits per heavy atom. The molecule has 148 valence electrons. The van der Waals surface area contributed by atoms with Crippen LogP contribution in [0.4, 0.5) is 19.0 Å². The highest BCUT2D eigenvalue weighted by molar-refractivity contribution is 5.44. The summed E-state index contributed by atoms with van der Waals surface area (Å²) >= 11 is 0. The van der Waals surface area contributed by atoms with Crippen LogP contribution in [0.5, 0.6) is 0 Å². The Labute approximate surface area is 159 Å². The lowest BCUT2D eigenvalue weighted by atomic mass is 10.2. The van der Waals surface area contributed by atoms with Crippen LogP contribution in [0, 0.1) is 0 Å². The minimum absolute atomic E-state index is 0.0424. The average Bonchev–Trinajstić information content (AvgIpc) is 3.11. The highest BCUT2D eigenvalue weighted by Crippen LogP contribution is 2.27. The lowest BCUT2D eigenvalue weighted by Crippen LogP contribution is -2.44. The molecule has 0 aliphatic carbocycles. The monoisotopic (exact) mass is 392 g/mol. The number of ether oxygens (including phenoxy) is 1. The summed E-state index contributed by atoms with van der Waals surface area (Å²) in [5, 5.41) is 13.7. The molecule has 28 heavy (non-hydrogen) atoms. The van der Waals surface area contributed by atoms with Crippen molar-refractivity contribution in [1.82, 2.24) is 24.7 Å². The normalized spacial score (nSPS) is 18.5. The number of alkyl halides is 3. The van der Waals surface area contributed by atoms with Crippen LogP contribution in [0.15, 0.2) is 42.5 Å². The zero-order chi connectivity index (χ0) is 19.6. The molecule has 0 amide bonds. The Hall–Kier alpha value is -2.72. The summed E-state index contributed by atoms with van der Waals surface area (Å²) in [5.41, 5.74) is 1.27. The summed E-state index contributed by atoms with van der Waals surface area (Å²) in [5.74, 6) is -0.837. The summed E-state index contributed by atoms with van der Waals surface area (Å²) in [6.45, 7) is 3.44. The van der Waals surface area contributed by atoms with E-state index in [1.807, 2.05) is 18.2 Å². The Balaban J connectivity index is 1.38. The van der Waals surface area contributed by atoms with Gasteiger partial charge in [0.05, 0.1) is 12.7 Å². The number of hydrogen-bond donors (Lipinski definition) is 1. The SMILES string of the molecule is FC(F)(F)c1nnc2ccc(NC[C@@H]3CN(Cc4ccccc4)CCO3)nn12. The van der Waals surface area contributed by atoms with Crippen molar-refractivity contribution >= 4 is 11.5 Å². The number of nitrogens with one attached hydrogen (secondary N) is 1. The van der Waals surface area contributed by atoms with E-state index in [1.165, 1.54) is 11.6 Å². The van der Waals surface area contributed by atoms with Crippen LogP contribution < -0.4 is 5.32 Å². The van der Waals surface area contributed by atoms with Gasteiger partial charge in [0.1, 0.15) is 5.82 Å². The van der Waals surface area contributed by atoms with Gasteiger partial charge in [-0.3, -0.25) is 4.90 Å². The smallest absolute Gasteiger partial charge is 0.374 e. The molecule has 0 unspecified atom stereocenters. The molecule has 1 fully saturated rings. The van der Waals surface area contributed by atoms with Crippen molar-refractivity contribution in [3.63, 3.8) is 0 Å². The van der Waals surface area contributed by atoms with Gasteiger partial charge in [0.2, 0.25) is 0 Å². The molecule has 3 heterocycles. The van der Waals surface area contributed by atoms with Crippen molar-refractivity contribution in [2.24, 2.45) is 0 Å². The predicted octanol–water partition coefficient (Wildman–Crippen LogP) is 2.46. The van der Waals surface area contributed by atoms with Crippen molar-refractivity contribution in [3.05, 3.63) is 53.9 Å². The molecule has 0 radical (unpaired) electrons. The van der Waals surface area contributed by atoms with E-state index in [0.29, 0.717) is 23.5 Å². The molecule has 7 nitrogen and oxygen atoms in total. The molecule has 3 aromatic rings. The third-order valence-corrected chi connectivity index (χ3v) is 4.50. The summed E-state index contributed by atoms with van der Waals surface area (Å²) in [6, 6.07) is 13.2. The minimum atomic E-state index is -4.62. The van der Waals surface area contributed by atoms with Gasteiger partial charge in [0.25, 0.3) is 5.82 Å². The summed E-state index contributed by atoms with van der Waals surface area (Å²) < 4.78 is 45.4. The van der Waals surface area contributed by atoms with Gasteiger partial charge in [-0.15, -0.1) is 15.3 Å². The summed E-state index contributed by atoms with van der Waals surface area (Å²) in [7, 11) is 0. The molecule has 0 saturated carbocycles. The van der Waals surface area contributed by atoms with Crippen molar-refractivity contribution < 1.29 is 17.9 Å². The van der Waals surface area contributed by atoms with Crippen LogP contribution in [0.1, 0.15) is 11.4 Å². The first-order chi connectivity index (χ1) is 13.5. The first kappa shape index (κ1) is 18.6. The molecule has 1 atom stereocenters. The largest absolute Gasteiger partial charge is 0.453 e. The number of hydrogen-bond acceptors (Lipinski definition) is 6. The zero-order valence-electron chi connectivity index (χ0n) is 14.9. The zero-order valence-corrected chi connectivity index (χ0v) is 14.9. The Kier molecular flexibility index (Phi) is 5.14. The van der Waals surface area contributed by atoms with Gasteiger partial charge in [-0.2, -0.15) is 17.7 Å². The maximum absolute atomic E-state index is 13.0. The third kappa shape index (κ3) is 4.23. The molecule has 10 heteroatoms. The van der Waals surface area contributed by atoms with E-state index in [1.54, 1.807) is 6.07 Å². The molecule has 1 N–H and O–H groups in total. The number of halogens is 3. The molecule has 4 rings (SSSR count). The maximum atomic E-state index is 13.0. The first-order valence-corrected chi connectivity index (χ1v) is 8.90. The quantitative estimate of drug-likeness (QED) is 0.720. The van der Waals surface area contributed by atoms with Gasteiger partial charge in [-0.25, -0.2) is 0 Å². The van der Waals surface area contributed by atoms with Crippen molar-refractivity contribution in [2.45, 2.75) is 18.8 Å². The molecule has 1 aliphatic heterocycles. The molecule has 1 aromatic carbocycles. The van der Waals surface area contributed by atoms with Crippen molar-refractivity contribution in [1.29, 1.82) is 0 Å². The number of rotatable bonds is 5. The highest BCUT2D eigenvalue weighted by atomic mass is 19.4. The van der Waals surface area contributed by atoms with Crippen molar-refractivity contribution in [3.8, 4) is 0 Å². The van der Waals surface area contributed by atoms with E-state index < -0.39 is 12.0 Å². The number of anilines is 1. The van der Waals surface area contributed by atoms with Gasteiger partial charge in [0.15, 0.2) is 5.65 Å². The van der Waals surface area contributed by atoms with Gasteiger partial charge in [0, 0.05) is 26.2 Å². The lowest BCUT2D eigenvalue weighted by Gasteiger charge is -2.33. The second kappa shape index (κ2) is 7.72. The van der Waals surface area contributed by atoms with Gasteiger partial charge in [-0.1, -0.05) is 30.3 Å². The molecule has 1 saturated heterocycles. The summed E-state index contributed by atoms with van der Waals surface area (Å²) in [6.07, 6.45) is -4.70. The first-order valence-electron chi connectivity index (χ1n) is 8.90. The Bertz CT molecular complexity index is 930. The number of nitrogens with zero attached hydrogens (tertiary/aromatic N) is 5. The fourth-order valence-electron chi connectivity index (χ4n) is 3.17. The lowest BCUT2D eigenvalue weighted by molar-refractivity contribution is -0.146. The van der Waals surface area contributed by atoms with Crippen LogP contribution in [-0.4, -0.2) is 57.1 Å². The molecule has 0 bridgehead atoms. The summed E-state index contributed by atoms with van der Waals surface area (Å²) in [4.78, 5) is 2.29. The number of benzene rings is 1. The van der Waals surface area contributed by atoms with Crippen molar-refractivity contribution in [2.75, 3.05) is 31.6 Å². The van der Waals surface area contributed by atoms with Gasteiger partial charge < -0.3 is 10.1 Å². The third-order valence-electron chi connectivity index (χ3n) is 4.50. The van der Waals surface area contributed by atoms with Crippen LogP contribution in [-0.2, 0) is 17.5 Å². The van der Waals surface area contributed by atoms with Crippen LogP contribution >= 0.6 is 0 Å². The predicted molar refractivity (Wildman–Crippen MR) is 95.7 cm³/mol. The fraction of sp³-hybridized carbons (Fsp3) is 0.389. The van der Waals surface area contributed by atoms with E-state index in [9.17, 15) is 13.2 Å². The van der Waals surface area contributed by atoms with E-state index in [4.69, 9.17) is 4.74 Å². The topological polar surface area (TPSA) is 67.6 Å². The van der Waals surface area contributed by atoms with Gasteiger partial charge in [-0.05, 0) is 17.7 Å². The second-order valence-electron chi connectivity index (χ2n) is 6.60. The van der Waals surface area contributed by atoms with E-state index >= 15 is 0 Å². The molecular formula is C18H19F3N6O. The number of morpholine rings is 1. The Morgan fingerprint density at radius 3 is 2.71 bits per heavy atom. The minimum Gasteiger partial charge on any atom is -0.374 e. The molecule has 0 spiro atoms. The molecule has 2 aromatic heterocycles. The van der Waals surface area contributed by atoms with E-state index in [2.05, 4.69) is 37.6 Å². The van der Waals surface area contributed by atoms with E-state index in [0.717, 1.165) is 19.6 Å². The second-order valence-corrected chi connectivity index (χ2v) is 6.60. The fourth-order valence-corrected chi connectivity index (χ4v) is 3.17. The Morgan fingerprint density at radius 2 is 1.93 bits per heavy atom. The van der Waals surface area contributed by atoms with Gasteiger partial charge >= 0.3 is 6.18 Å². The van der Waals surface area contributed by atoms with Crippen LogP contribution in [0.2, 0.25) is 0 Å². The number of fused-ring (bicyclic) bond motifs is 1. The highest BCUT2D eigenvalue weighted by Gasteiger charge is 2.37.